The van der Waals surface area contributed by atoms with E-state index in [9.17, 15) is 29.4 Å². The van der Waals surface area contributed by atoms with E-state index in [1.165, 1.54) is 14.9 Å². The van der Waals surface area contributed by atoms with Gasteiger partial charge < -0.3 is 20.0 Å². The maximum absolute atomic E-state index is 14.8. The summed E-state index contributed by atoms with van der Waals surface area (Å²) in [4.78, 5) is 58.1. The molecule has 12 nitrogen and oxygen atoms in total. The van der Waals surface area contributed by atoms with Gasteiger partial charge in [0.25, 0.3) is 5.91 Å². The minimum Gasteiger partial charge on any atom is -0.394 e. The number of hydrazone groups is 2. The van der Waals surface area contributed by atoms with Crippen molar-refractivity contribution in [1.29, 1.82) is 0 Å². The molecular weight excluding hydrogens is 793 g/mol. The van der Waals surface area contributed by atoms with Crippen molar-refractivity contribution in [2.75, 3.05) is 21.5 Å². The highest BCUT2D eigenvalue weighted by molar-refractivity contribution is 6.11. The summed E-state index contributed by atoms with van der Waals surface area (Å²) in [7, 11) is 0. The Labute approximate surface area is 366 Å². The number of nitrogens with zero attached hydrogens (tertiary/aromatic N) is 6. The van der Waals surface area contributed by atoms with Crippen LogP contribution in [-0.2, 0) is 44.3 Å². The molecule has 4 aliphatic heterocycles. The summed E-state index contributed by atoms with van der Waals surface area (Å²) in [5, 5.41) is 35.1. The van der Waals surface area contributed by atoms with Crippen LogP contribution in [0.3, 0.4) is 0 Å². The Kier molecular flexibility index (Phi) is 11.4. The monoisotopic (exact) mass is 840 g/mol. The molecule has 5 aromatic rings. The molecule has 0 saturated carbocycles. The molecule has 4 amide bonds. The summed E-state index contributed by atoms with van der Waals surface area (Å²) in [5.41, 5.74) is 6.07. The number of anilines is 3. The molecule has 0 radical (unpaired) electrons. The predicted octanol–water partition coefficient (Wildman–Crippen LogP) is 7.01. The summed E-state index contributed by atoms with van der Waals surface area (Å²) in [6.45, 7) is 2.06. The van der Waals surface area contributed by atoms with E-state index < -0.39 is 17.4 Å². The molecule has 4 aliphatic rings. The Hall–Kier alpha value is -7.02. The Balaban J connectivity index is 1.01. The standard InChI is InChI=1S/C51H48N6O6/c1-34(11-10-18-47(59)54-32-39-17-9-8-16-38(39)29-42(54)33-58)51(63)43-30-41(57-49(61)28-25-45(53-57)37-14-6-3-7-15-37)23-26-46(43)55(50(51)62)31-35-19-21-40(22-20-35)56-48(60)27-24-44(52-56)36-12-4-2-5-13-36/h2-17,19-23,26,30,34,42,58,63H,18,24-25,27-29,31-33H2,1H3/b11-10+/t34-,42-,51+/m0/s1. The van der Waals surface area contributed by atoms with Crippen molar-refractivity contribution in [2.24, 2.45) is 16.1 Å². The van der Waals surface area contributed by atoms with Crippen molar-refractivity contribution in [3.05, 3.63) is 173 Å². The van der Waals surface area contributed by atoms with Crippen molar-refractivity contribution in [3.63, 3.8) is 0 Å². The number of hydrogen-bond donors (Lipinski definition) is 2. The van der Waals surface area contributed by atoms with Gasteiger partial charge in [-0.1, -0.05) is 116 Å². The van der Waals surface area contributed by atoms with Gasteiger partial charge in [-0.3, -0.25) is 19.2 Å². The first-order valence-corrected chi connectivity index (χ1v) is 21.5. The summed E-state index contributed by atoms with van der Waals surface area (Å²) in [5.74, 6) is -1.86. The second kappa shape index (κ2) is 17.4. The first-order valence-electron chi connectivity index (χ1n) is 21.5. The van der Waals surface area contributed by atoms with Gasteiger partial charge in [0.05, 0.1) is 47.7 Å². The number of hydrogen-bond acceptors (Lipinski definition) is 8. The Bertz CT molecular complexity index is 2660. The summed E-state index contributed by atoms with van der Waals surface area (Å²) < 4.78 is 0. The highest BCUT2D eigenvalue weighted by Gasteiger charge is 2.53. The highest BCUT2D eigenvalue weighted by atomic mass is 16.3. The van der Waals surface area contributed by atoms with E-state index >= 15 is 0 Å². The summed E-state index contributed by atoms with van der Waals surface area (Å²) in [6.07, 6.45) is 5.52. The van der Waals surface area contributed by atoms with Gasteiger partial charge in [-0.05, 0) is 64.6 Å². The molecule has 12 heteroatoms. The number of amides is 4. The topological polar surface area (TPSA) is 146 Å². The van der Waals surface area contributed by atoms with Crippen LogP contribution in [0, 0.1) is 5.92 Å². The number of carbonyl (C=O) groups excluding carboxylic acids is 4. The molecule has 3 atom stereocenters. The fourth-order valence-corrected chi connectivity index (χ4v) is 9.01. The van der Waals surface area contributed by atoms with Gasteiger partial charge >= 0.3 is 0 Å². The Morgan fingerprint density at radius 2 is 1.32 bits per heavy atom. The van der Waals surface area contributed by atoms with Crippen LogP contribution in [0.25, 0.3) is 0 Å². The van der Waals surface area contributed by atoms with Gasteiger partial charge in [0.2, 0.25) is 17.7 Å². The SMILES string of the molecule is C[C@@H](/C=C/CC(=O)N1Cc2ccccc2C[C@H]1CO)[C@]1(O)C(=O)N(Cc2ccc(N3N=C(c4ccccc4)CCC3=O)cc2)c2ccc(N3N=C(c4ccccc4)CCC3=O)cc21. The first kappa shape index (κ1) is 41.3. The van der Waals surface area contributed by atoms with E-state index in [2.05, 4.69) is 0 Å². The molecule has 4 heterocycles. The van der Waals surface area contributed by atoms with Gasteiger partial charge in [0.1, 0.15) is 0 Å². The van der Waals surface area contributed by atoms with Gasteiger partial charge in [-0.15, -0.1) is 0 Å². The van der Waals surface area contributed by atoms with E-state index in [0.717, 1.165) is 39.2 Å². The normalized spacial score (nSPS) is 20.4. The third-order valence-electron chi connectivity index (χ3n) is 12.6. The van der Waals surface area contributed by atoms with E-state index in [1.54, 1.807) is 54.3 Å². The van der Waals surface area contributed by atoms with Crippen LogP contribution in [0.1, 0.15) is 72.4 Å². The largest absolute Gasteiger partial charge is 0.394 e. The van der Waals surface area contributed by atoms with Gasteiger partial charge in [-0.25, -0.2) is 10.0 Å². The summed E-state index contributed by atoms with van der Waals surface area (Å²) >= 11 is 0. The third kappa shape index (κ3) is 7.99. The zero-order chi connectivity index (χ0) is 43.7. The molecule has 0 spiro atoms. The van der Waals surface area contributed by atoms with Crippen molar-refractivity contribution in [2.45, 2.75) is 70.2 Å². The molecule has 0 fully saturated rings. The fraction of sp³-hybridized carbons (Fsp3) is 0.255. The second-order valence-electron chi connectivity index (χ2n) is 16.5. The minimum atomic E-state index is -2.07. The number of aliphatic hydroxyl groups excluding tert-OH is 1. The van der Waals surface area contributed by atoms with Crippen LogP contribution < -0.4 is 14.9 Å². The van der Waals surface area contributed by atoms with Crippen molar-refractivity contribution in [1.82, 2.24) is 4.90 Å². The van der Waals surface area contributed by atoms with Crippen molar-refractivity contribution in [3.8, 4) is 0 Å². The number of aliphatic hydroxyl groups is 2. The van der Waals surface area contributed by atoms with E-state index in [-0.39, 0.29) is 49.8 Å². The highest BCUT2D eigenvalue weighted by Crippen LogP contribution is 2.47. The van der Waals surface area contributed by atoms with Crippen LogP contribution in [0.2, 0.25) is 0 Å². The van der Waals surface area contributed by atoms with Crippen LogP contribution in [0.15, 0.2) is 150 Å². The minimum absolute atomic E-state index is 0.00586. The molecule has 0 unspecified atom stereocenters. The molecule has 0 bridgehead atoms. The van der Waals surface area contributed by atoms with Crippen LogP contribution >= 0.6 is 0 Å². The Morgan fingerprint density at radius 3 is 1.94 bits per heavy atom. The molecule has 5 aromatic carbocycles. The number of fused-ring (bicyclic) bond motifs is 2. The number of rotatable bonds is 11. The second-order valence-corrected chi connectivity index (χ2v) is 16.5. The van der Waals surface area contributed by atoms with Crippen molar-refractivity contribution < 1.29 is 29.4 Å². The summed E-state index contributed by atoms with van der Waals surface area (Å²) in [6, 6.07) is 39.4. The van der Waals surface area contributed by atoms with Crippen molar-refractivity contribution >= 4 is 52.1 Å². The maximum Gasteiger partial charge on any atom is 0.264 e. The lowest BCUT2D eigenvalue weighted by Crippen LogP contribution is -2.46. The Morgan fingerprint density at radius 1 is 0.746 bits per heavy atom. The van der Waals surface area contributed by atoms with Crippen LogP contribution in [-0.4, -0.2) is 62.8 Å². The molecule has 0 aromatic heterocycles. The van der Waals surface area contributed by atoms with Crippen LogP contribution in [0.5, 0.6) is 0 Å². The van der Waals surface area contributed by atoms with Gasteiger partial charge in [-0.2, -0.15) is 10.2 Å². The molecule has 318 valence electrons. The van der Waals surface area contributed by atoms with Crippen LogP contribution in [0.4, 0.5) is 17.1 Å². The van der Waals surface area contributed by atoms with Gasteiger partial charge in [0.15, 0.2) is 5.60 Å². The quantitative estimate of drug-likeness (QED) is 0.137. The zero-order valence-electron chi connectivity index (χ0n) is 35.0. The average Bonchev–Trinajstić information content (AvgIpc) is 3.54. The van der Waals surface area contributed by atoms with Gasteiger partial charge in [0, 0.05) is 50.1 Å². The van der Waals surface area contributed by atoms with E-state index in [4.69, 9.17) is 10.2 Å². The molecule has 9 rings (SSSR count). The number of benzene rings is 5. The molecule has 0 saturated heterocycles. The molecule has 63 heavy (non-hydrogen) atoms. The lowest BCUT2D eigenvalue weighted by Gasteiger charge is -2.36. The molecule has 0 aliphatic carbocycles. The third-order valence-corrected chi connectivity index (χ3v) is 12.6. The predicted molar refractivity (Wildman–Crippen MR) is 242 cm³/mol. The lowest BCUT2D eigenvalue weighted by atomic mass is 9.82. The molecule has 2 N–H and O–H groups in total. The molecular formula is C51H48N6O6. The number of carbonyl (C=O) groups is 4. The van der Waals surface area contributed by atoms with E-state index in [1.807, 2.05) is 97.1 Å². The smallest absolute Gasteiger partial charge is 0.264 e. The average molecular weight is 841 g/mol. The zero-order valence-corrected chi connectivity index (χ0v) is 35.0. The lowest BCUT2D eigenvalue weighted by molar-refractivity contribution is -0.139. The fourth-order valence-electron chi connectivity index (χ4n) is 9.01. The maximum atomic E-state index is 14.8. The van der Waals surface area contributed by atoms with E-state index in [0.29, 0.717) is 54.9 Å². The first-order chi connectivity index (χ1) is 30.6.